The Balaban J connectivity index is 1.75. The third-order valence-corrected chi connectivity index (χ3v) is 7.69. The number of hydrogen-bond donors (Lipinski definition) is 2. The topological polar surface area (TPSA) is 95.6 Å². The normalized spacial score (nSPS) is 14.8. The van der Waals surface area contributed by atoms with Crippen LogP contribution in [0, 0.1) is 0 Å². The first kappa shape index (κ1) is 23.9. The highest BCUT2D eigenvalue weighted by atomic mass is 32.2. The zero-order valence-electron chi connectivity index (χ0n) is 18.6. The first-order valence-electron chi connectivity index (χ1n) is 11.1. The third kappa shape index (κ3) is 5.75. The highest BCUT2D eigenvalue weighted by molar-refractivity contribution is 7.89. The number of anilines is 1. The molecule has 0 atom stereocenters. The van der Waals surface area contributed by atoms with Crippen LogP contribution < -0.4 is 10.6 Å². The summed E-state index contributed by atoms with van der Waals surface area (Å²) in [5, 5.41) is 5.55. The van der Waals surface area contributed by atoms with Crippen molar-refractivity contribution in [3.05, 3.63) is 59.7 Å². The Labute approximate surface area is 190 Å². The third-order valence-electron chi connectivity index (χ3n) is 5.78. The van der Waals surface area contributed by atoms with Gasteiger partial charge in [0.05, 0.1) is 4.90 Å². The molecule has 172 valence electrons. The van der Waals surface area contributed by atoms with E-state index < -0.39 is 15.9 Å². The van der Waals surface area contributed by atoms with E-state index in [0.717, 1.165) is 38.5 Å². The predicted molar refractivity (Wildman–Crippen MR) is 125 cm³/mol. The summed E-state index contributed by atoms with van der Waals surface area (Å²) in [6, 6.07) is 12.7. The molecule has 1 aliphatic carbocycles. The smallest absolute Gasteiger partial charge is 0.255 e. The van der Waals surface area contributed by atoms with E-state index in [9.17, 15) is 18.0 Å². The second-order valence-electron chi connectivity index (χ2n) is 8.13. The van der Waals surface area contributed by atoms with Crippen molar-refractivity contribution in [3.63, 3.8) is 0 Å². The lowest BCUT2D eigenvalue weighted by Gasteiger charge is -2.30. The van der Waals surface area contributed by atoms with Gasteiger partial charge in [0.15, 0.2) is 0 Å². The maximum absolute atomic E-state index is 13.1. The molecule has 0 saturated heterocycles. The number of hydrogen-bond acceptors (Lipinski definition) is 4. The van der Waals surface area contributed by atoms with E-state index in [-0.39, 0.29) is 22.4 Å². The summed E-state index contributed by atoms with van der Waals surface area (Å²) in [6.45, 7) is 2.55. The Morgan fingerprint density at radius 3 is 2.31 bits per heavy atom. The highest BCUT2D eigenvalue weighted by Crippen LogP contribution is 2.27. The van der Waals surface area contributed by atoms with Crippen LogP contribution in [-0.4, -0.2) is 44.2 Å². The Morgan fingerprint density at radius 2 is 1.62 bits per heavy atom. The quantitative estimate of drug-likeness (QED) is 0.626. The maximum atomic E-state index is 13.1. The van der Waals surface area contributed by atoms with E-state index in [0.29, 0.717) is 17.8 Å². The highest BCUT2D eigenvalue weighted by Gasteiger charge is 2.29. The number of benzene rings is 2. The molecule has 2 aromatic rings. The van der Waals surface area contributed by atoms with E-state index in [1.54, 1.807) is 43.4 Å². The van der Waals surface area contributed by atoms with Crippen LogP contribution in [0.5, 0.6) is 0 Å². The van der Waals surface area contributed by atoms with Crippen molar-refractivity contribution >= 4 is 27.5 Å². The first-order valence-corrected chi connectivity index (χ1v) is 12.5. The molecule has 2 amide bonds. The molecular formula is C24H31N3O4S. The van der Waals surface area contributed by atoms with E-state index in [4.69, 9.17) is 0 Å². The van der Waals surface area contributed by atoms with Crippen LogP contribution in [0.25, 0.3) is 0 Å². The molecule has 7 nitrogen and oxygen atoms in total. The second-order valence-corrected chi connectivity index (χ2v) is 10.1. The Hall–Kier alpha value is -2.71. The van der Waals surface area contributed by atoms with Gasteiger partial charge in [0.1, 0.15) is 0 Å². The van der Waals surface area contributed by atoms with Gasteiger partial charge < -0.3 is 10.6 Å². The fraction of sp³-hybridized carbons (Fsp3) is 0.417. The van der Waals surface area contributed by atoms with Crippen molar-refractivity contribution in [2.24, 2.45) is 0 Å². The molecule has 0 unspecified atom stereocenters. The van der Waals surface area contributed by atoms with Crippen LogP contribution in [0.2, 0.25) is 0 Å². The van der Waals surface area contributed by atoms with E-state index in [1.165, 1.54) is 16.4 Å². The van der Waals surface area contributed by atoms with Crippen LogP contribution in [0.1, 0.15) is 66.2 Å². The van der Waals surface area contributed by atoms with Crippen molar-refractivity contribution in [1.29, 1.82) is 0 Å². The molecule has 1 fully saturated rings. The van der Waals surface area contributed by atoms with Crippen LogP contribution in [0.15, 0.2) is 53.4 Å². The molecule has 2 aromatic carbocycles. The molecule has 0 bridgehead atoms. The number of amides is 2. The molecule has 3 rings (SSSR count). The minimum atomic E-state index is -3.69. The summed E-state index contributed by atoms with van der Waals surface area (Å²) in [7, 11) is -2.08. The number of rotatable bonds is 8. The average Bonchev–Trinajstić information content (AvgIpc) is 2.82. The molecule has 1 aliphatic rings. The largest absolute Gasteiger partial charge is 0.352 e. The van der Waals surface area contributed by atoms with Crippen LogP contribution in [0.3, 0.4) is 0 Å². The standard InChI is InChI=1S/C24H31N3O4S/c1-3-15-25-23(28)18-9-7-11-20(16-18)26-24(29)19-10-8-14-22(17-19)32(30,31)27(2)21-12-5-4-6-13-21/h7-11,14,16-17,21H,3-6,12-13,15H2,1-2H3,(H,25,28)(H,26,29). The molecule has 0 aliphatic heterocycles. The Bertz CT molecular complexity index is 1060. The lowest BCUT2D eigenvalue weighted by Crippen LogP contribution is -2.38. The fourth-order valence-corrected chi connectivity index (χ4v) is 5.35. The number of sulfonamides is 1. The Morgan fingerprint density at radius 1 is 0.969 bits per heavy atom. The fourth-order valence-electron chi connectivity index (χ4n) is 3.89. The van der Waals surface area contributed by atoms with Gasteiger partial charge in [0, 0.05) is 36.4 Å². The van der Waals surface area contributed by atoms with Gasteiger partial charge >= 0.3 is 0 Å². The monoisotopic (exact) mass is 457 g/mol. The van der Waals surface area contributed by atoms with Gasteiger partial charge in [-0.3, -0.25) is 9.59 Å². The SMILES string of the molecule is CCCNC(=O)c1cccc(NC(=O)c2cccc(S(=O)(=O)N(C)C3CCCCC3)c2)c1. The van der Waals surface area contributed by atoms with Gasteiger partial charge in [-0.2, -0.15) is 4.31 Å². The molecule has 8 heteroatoms. The maximum Gasteiger partial charge on any atom is 0.255 e. The van der Waals surface area contributed by atoms with Crippen molar-refractivity contribution in [1.82, 2.24) is 9.62 Å². The number of nitrogens with zero attached hydrogens (tertiary/aromatic N) is 1. The summed E-state index contributed by atoms with van der Waals surface area (Å²) in [6.07, 6.45) is 5.75. The number of carbonyl (C=O) groups excluding carboxylic acids is 2. The van der Waals surface area contributed by atoms with Crippen molar-refractivity contribution < 1.29 is 18.0 Å². The molecule has 0 heterocycles. The van der Waals surface area contributed by atoms with Crippen LogP contribution >= 0.6 is 0 Å². The number of nitrogens with one attached hydrogen (secondary N) is 2. The lowest BCUT2D eigenvalue weighted by molar-refractivity contribution is 0.0952. The molecule has 1 saturated carbocycles. The lowest BCUT2D eigenvalue weighted by atomic mass is 9.96. The van der Waals surface area contributed by atoms with Gasteiger partial charge in [0.2, 0.25) is 10.0 Å². The molecular weight excluding hydrogens is 426 g/mol. The summed E-state index contributed by atoms with van der Waals surface area (Å²) >= 11 is 0. The van der Waals surface area contributed by atoms with Gasteiger partial charge in [-0.25, -0.2) is 8.42 Å². The first-order chi connectivity index (χ1) is 15.3. The molecule has 0 spiro atoms. The van der Waals surface area contributed by atoms with Crippen LogP contribution in [-0.2, 0) is 10.0 Å². The van der Waals surface area contributed by atoms with Gasteiger partial charge in [-0.15, -0.1) is 0 Å². The number of carbonyl (C=O) groups is 2. The van der Waals surface area contributed by atoms with Gasteiger partial charge in [0.25, 0.3) is 11.8 Å². The predicted octanol–water partition coefficient (Wildman–Crippen LogP) is 4.03. The zero-order chi connectivity index (χ0) is 23.1. The summed E-state index contributed by atoms with van der Waals surface area (Å²) in [5.74, 6) is -0.643. The second kappa shape index (κ2) is 10.7. The van der Waals surface area contributed by atoms with Crippen molar-refractivity contribution in [3.8, 4) is 0 Å². The van der Waals surface area contributed by atoms with E-state index >= 15 is 0 Å². The minimum absolute atomic E-state index is 0.00664. The minimum Gasteiger partial charge on any atom is -0.352 e. The van der Waals surface area contributed by atoms with Crippen molar-refractivity contribution in [2.45, 2.75) is 56.4 Å². The van der Waals surface area contributed by atoms with Gasteiger partial charge in [-0.1, -0.05) is 38.3 Å². The van der Waals surface area contributed by atoms with E-state index in [1.807, 2.05) is 6.92 Å². The molecule has 2 N–H and O–H groups in total. The molecule has 0 aromatic heterocycles. The van der Waals surface area contributed by atoms with Gasteiger partial charge in [-0.05, 0) is 55.7 Å². The molecule has 0 radical (unpaired) electrons. The Kier molecular flexibility index (Phi) is 8.04. The van der Waals surface area contributed by atoms with E-state index in [2.05, 4.69) is 10.6 Å². The van der Waals surface area contributed by atoms with Crippen LogP contribution in [0.4, 0.5) is 5.69 Å². The summed E-state index contributed by atoms with van der Waals surface area (Å²) < 4.78 is 27.7. The van der Waals surface area contributed by atoms with Crippen molar-refractivity contribution in [2.75, 3.05) is 18.9 Å². The summed E-state index contributed by atoms with van der Waals surface area (Å²) in [4.78, 5) is 25.1. The molecule has 32 heavy (non-hydrogen) atoms. The zero-order valence-corrected chi connectivity index (χ0v) is 19.5. The summed E-state index contributed by atoms with van der Waals surface area (Å²) in [5.41, 5.74) is 1.15. The average molecular weight is 458 g/mol.